The van der Waals surface area contributed by atoms with Crippen LogP contribution in [-0.2, 0) is 67.4 Å². The molecule has 2 unspecified atom stereocenters. The molecule has 0 bridgehead atoms. The molecule has 5 atom stereocenters. The zero-order valence-electron chi connectivity index (χ0n) is 40.4. The Kier molecular flexibility index (Phi) is 17.6. The van der Waals surface area contributed by atoms with E-state index in [9.17, 15) is 68.9 Å². The molecular formula is C43H57N5O21P3S2+. The Hall–Kier alpha value is -4.57. The number of ether oxygens (including phenoxy) is 1. The number of rotatable bonds is 22. The Morgan fingerprint density at radius 1 is 0.905 bits per heavy atom. The highest BCUT2D eigenvalue weighted by atomic mass is 32.2. The summed E-state index contributed by atoms with van der Waals surface area (Å²) in [6.07, 6.45) is 6.96. The number of hydrogen-bond donors (Lipinski definition) is 9. The first kappa shape index (κ1) is 58.7. The number of phosphoric ester groups is 1. The van der Waals surface area contributed by atoms with E-state index < -0.39 is 90.8 Å². The van der Waals surface area contributed by atoms with Crippen LogP contribution in [0.1, 0.15) is 89.6 Å². The molecule has 0 radical (unpaired) electrons. The van der Waals surface area contributed by atoms with Crippen molar-refractivity contribution in [3.8, 4) is 0 Å². The zero-order valence-corrected chi connectivity index (χ0v) is 44.7. The number of carbonyl (C=O) groups is 1. The number of phosphoric acid groups is 3. The highest BCUT2D eigenvalue weighted by Crippen LogP contribution is 2.66. The van der Waals surface area contributed by atoms with Crippen LogP contribution in [0.5, 0.6) is 0 Å². The van der Waals surface area contributed by atoms with Crippen molar-refractivity contribution in [3.63, 3.8) is 0 Å². The van der Waals surface area contributed by atoms with Gasteiger partial charge in [0.1, 0.15) is 18.9 Å². The van der Waals surface area contributed by atoms with E-state index in [2.05, 4.69) is 32.9 Å². The number of H-pyrrole nitrogens is 1. The van der Waals surface area contributed by atoms with Gasteiger partial charge in [-0.05, 0) is 75.6 Å². The predicted octanol–water partition coefficient (Wildman–Crippen LogP) is 4.05. The maximum absolute atomic E-state index is 12.8. The molecule has 26 nitrogen and oxygen atoms in total. The van der Waals surface area contributed by atoms with Gasteiger partial charge in [0.05, 0.1) is 33.5 Å². The molecule has 4 heterocycles. The van der Waals surface area contributed by atoms with Gasteiger partial charge in [-0.15, -0.1) is 0 Å². The van der Waals surface area contributed by atoms with Crippen molar-refractivity contribution < 1.29 is 91.6 Å². The van der Waals surface area contributed by atoms with Crippen molar-refractivity contribution >= 4 is 72.8 Å². The van der Waals surface area contributed by atoms with Crippen molar-refractivity contribution in [3.05, 3.63) is 110 Å². The number of hydrogen-bond acceptors (Lipinski definition) is 16. The minimum atomic E-state index is -5.80. The van der Waals surface area contributed by atoms with E-state index in [-0.39, 0.29) is 40.6 Å². The quantitative estimate of drug-likeness (QED) is 0.0296. The second kappa shape index (κ2) is 22.2. The van der Waals surface area contributed by atoms with Crippen LogP contribution < -0.4 is 21.5 Å². The average molecular weight is 1140 g/mol. The van der Waals surface area contributed by atoms with Crippen LogP contribution in [0, 0.1) is 0 Å². The van der Waals surface area contributed by atoms with Crippen LogP contribution >= 0.6 is 23.5 Å². The summed E-state index contributed by atoms with van der Waals surface area (Å²) in [6.45, 7) is 9.79. The third-order valence-corrected chi connectivity index (χ3v) is 18.0. The van der Waals surface area contributed by atoms with Crippen LogP contribution in [0.4, 0.5) is 11.4 Å². The molecule has 6 rings (SSSR count). The number of aromatic nitrogens is 2. The van der Waals surface area contributed by atoms with Gasteiger partial charge in [0, 0.05) is 73.1 Å². The molecule has 31 heteroatoms. The molecule has 1 aromatic heterocycles. The lowest BCUT2D eigenvalue weighted by atomic mass is 9.81. The molecule has 74 heavy (non-hydrogen) atoms. The summed E-state index contributed by atoms with van der Waals surface area (Å²) >= 11 is 0. The summed E-state index contributed by atoms with van der Waals surface area (Å²) in [5.74, 6) is -0.301. The molecule has 2 aromatic carbocycles. The number of allylic oxidation sites excluding steroid dienone is 4. The molecular weight excluding hydrogens is 1080 g/mol. The second-order valence-corrected chi connectivity index (χ2v) is 25.6. The van der Waals surface area contributed by atoms with Gasteiger partial charge < -0.3 is 39.6 Å². The van der Waals surface area contributed by atoms with Gasteiger partial charge in [0.15, 0.2) is 5.71 Å². The molecule has 1 fully saturated rings. The van der Waals surface area contributed by atoms with Gasteiger partial charge in [-0.25, -0.2) is 18.5 Å². The van der Waals surface area contributed by atoms with Gasteiger partial charge in [-0.2, -0.15) is 30.0 Å². The monoisotopic (exact) mass is 1140 g/mol. The molecule has 3 aliphatic rings. The van der Waals surface area contributed by atoms with E-state index in [1.54, 1.807) is 12.1 Å². The van der Waals surface area contributed by atoms with Gasteiger partial charge >= 0.3 is 29.2 Å². The Morgan fingerprint density at radius 3 is 2.19 bits per heavy atom. The predicted molar refractivity (Wildman–Crippen MR) is 265 cm³/mol. The molecule has 1 amide bonds. The fourth-order valence-corrected chi connectivity index (χ4v) is 13.0. The minimum absolute atomic E-state index is 0.0182. The van der Waals surface area contributed by atoms with Crippen LogP contribution in [0.25, 0.3) is 6.08 Å². The Bertz CT molecular complexity index is 3330. The van der Waals surface area contributed by atoms with Crippen LogP contribution in [0.3, 0.4) is 0 Å². The largest absolute Gasteiger partial charge is 0.490 e. The summed E-state index contributed by atoms with van der Waals surface area (Å²) < 4.78 is 123. The maximum atomic E-state index is 12.8. The minimum Gasteiger partial charge on any atom is -0.390 e. The van der Waals surface area contributed by atoms with Gasteiger partial charge in [-0.3, -0.25) is 32.8 Å². The summed E-state index contributed by atoms with van der Waals surface area (Å²) in [7, 11) is -25.9. The summed E-state index contributed by atoms with van der Waals surface area (Å²) in [6, 6.07) is 8.94. The molecule has 0 saturated carbocycles. The maximum Gasteiger partial charge on any atom is 0.490 e. The van der Waals surface area contributed by atoms with Gasteiger partial charge in [0.2, 0.25) is 11.6 Å². The number of benzene rings is 2. The summed E-state index contributed by atoms with van der Waals surface area (Å²) in [4.78, 5) is 78.3. The van der Waals surface area contributed by atoms with Crippen molar-refractivity contribution in [2.75, 3.05) is 31.1 Å². The molecule has 3 aromatic rings. The van der Waals surface area contributed by atoms with E-state index in [1.165, 1.54) is 36.4 Å². The Labute approximate surface area is 424 Å². The number of fused-ring (bicyclic) bond motifs is 2. The first-order chi connectivity index (χ1) is 34.1. The number of anilines is 1. The number of carbonyl (C=O) groups excluding carboxylic acids is 1. The first-order valence-corrected chi connectivity index (χ1v) is 30.0. The second-order valence-electron chi connectivity index (χ2n) is 18.3. The number of amides is 1. The highest BCUT2D eigenvalue weighted by Gasteiger charge is 2.46. The molecule has 0 aliphatic carbocycles. The van der Waals surface area contributed by atoms with E-state index >= 15 is 0 Å². The molecule has 9 N–H and O–H groups in total. The number of nitrogens with zero attached hydrogens (tertiary/aromatic N) is 3. The van der Waals surface area contributed by atoms with Crippen molar-refractivity contribution in [2.24, 2.45) is 0 Å². The fraction of sp³-hybridized carbons (Fsp3) is 0.442. The standard InChI is InChI=1S/C43H56N5O21P3S2/c1-6-46-32-18-16-28(73(60,61)62)22-30(32)42(2,3)36(46)13-10-14-37-43(4,5)31-23-29(74(63,64)65)17-19-33(31)47(37)21-9-7-8-15-38(50)44-20-11-12-27-25-48(41(52)45-40(27)51)39-24-34(49)35(67-39)26-66-71(56,57)69-72(58,59)68-70(53,54)55/h10-14,16-19,22-23,25,34-35,39,49H,6-9,15,20-21,24,26H2,1-5H3,(H7-,44,45,50,51,52,53,54,55,56,57,58,59,60,61,62,63,64,65)/p+1/b12-11+/t34-,35-,39-/m1/s1. The first-order valence-electron chi connectivity index (χ1n) is 22.6. The van der Waals surface area contributed by atoms with Crippen LogP contribution in [-0.4, -0.2) is 115 Å². The lowest BCUT2D eigenvalue weighted by Gasteiger charge is -2.25. The normalized spacial score (nSPS) is 21.9. The van der Waals surface area contributed by atoms with E-state index in [1.807, 2.05) is 52.8 Å². The molecule has 406 valence electrons. The average Bonchev–Trinajstić information content (AvgIpc) is 3.82. The topological polar surface area (TPSA) is 388 Å². The number of aliphatic hydroxyl groups excluding tert-OH is 1. The smallest absolute Gasteiger partial charge is 0.390 e. The van der Waals surface area contributed by atoms with E-state index in [4.69, 9.17) is 14.5 Å². The number of unbranched alkanes of at least 4 members (excludes halogenated alkanes) is 2. The Balaban J connectivity index is 1.06. The molecule has 3 aliphatic heterocycles. The summed E-state index contributed by atoms with van der Waals surface area (Å²) in [5.41, 5.74) is 1.40. The third-order valence-electron chi connectivity index (χ3n) is 12.5. The van der Waals surface area contributed by atoms with Crippen molar-refractivity contribution in [1.29, 1.82) is 0 Å². The summed E-state index contributed by atoms with van der Waals surface area (Å²) in [5, 5.41) is 13.2. The number of aromatic amines is 1. The van der Waals surface area contributed by atoms with Gasteiger partial charge in [-0.1, -0.05) is 32.1 Å². The Morgan fingerprint density at radius 2 is 1.55 bits per heavy atom. The van der Waals surface area contributed by atoms with Crippen LogP contribution in [0.15, 0.2) is 92.0 Å². The van der Waals surface area contributed by atoms with E-state index in [0.29, 0.717) is 37.9 Å². The van der Waals surface area contributed by atoms with Crippen molar-refractivity contribution in [2.45, 2.75) is 106 Å². The molecule has 0 spiro atoms. The number of nitrogens with one attached hydrogen (secondary N) is 2. The van der Waals surface area contributed by atoms with Crippen molar-refractivity contribution in [1.82, 2.24) is 14.9 Å². The SMILES string of the molecule is CCN1/C(=C/C=C/C2=[N+](CCCCCC(=O)NC/C=C/c3cn([C@H]4C[C@@H](O)[C@@H](COP(=O)(O)OP(=O)(O)OP(=O)(O)O)O4)c(=O)[nH]c3=O)c3ccc(S(=O)(=O)O)cc3C2(C)C)C(C)(C)c2cc(S(=O)(=O)O)ccc21. The highest BCUT2D eigenvalue weighted by molar-refractivity contribution is 7.86. The van der Waals surface area contributed by atoms with Gasteiger partial charge in [0.25, 0.3) is 25.8 Å². The fourth-order valence-electron chi connectivity index (χ4n) is 8.96. The lowest BCUT2D eigenvalue weighted by Crippen LogP contribution is -2.33. The lowest BCUT2D eigenvalue weighted by molar-refractivity contribution is -0.438. The van der Waals surface area contributed by atoms with Crippen LogP contribution in [0.2, 0.25) is 0 Å². The number of likely N-dealkylation sites (N-methyl/N-ethyl adjacent to an activating group) is 1. The molecule has 1 saturated heterocycles. The third kappa shape index (κ3) is 13.9. The number of aliphatic hydroxyl groups is 1. The van der Waals surface area contributed by atoms with E-state index in [0.717, 1.165) is 39.1 Å². The zero-order chi connectivity index (χ0) is 55.0.